The maximum Gasteiger partial charge on any atom is 0.273 e. The molecule has 1 aliphatic heterocycles. The lowest BCUT2D eigenvalue weighted by Crippen LogP contribution is -2.39. The minimum absolute atomic E-state index is 0.139. The minimum Gasteiger partial charge on any atom is -0.368 e. The summed E-state index contributed by atoms with van der Waals surface area (Å²) in [5.74, 6) is -0.927. The number of nitrogens with one attached hydrogen (secondary N) is 1. The van der Waals surface area contributed by atoms with Gasteiger partial charge in [-0.15, -0.1) is 11.3 Å². The van der Waals surface area contributed by atoms with Crippen molar-refractivity contribution in [3.8, 4) is 11.3 Å². The Balaban J connectivity index is 1.55. The molecule has 9 heteroatoms. The number of aromatic nitrogens is 1. The number of rotatable bonds is 5. The molecule has 1 aliphatic rings. The van der Waals surface area contributed by atoms with Crippen molar-refractivity contribution in [2.45, 2.75) is 19.4 Å². The number of hydrogen-bond donors (Lipinski definition) is 2. The van der Waals surface area contributed by atoms with Gasteiger partial charge in [0.25, 0.3) is 5.91 Å². The lowest BCUT2D eigenvalue weighted by molar-refractivity contribution is -0.119. The molecule has 1 atom stereocenters. The van der Waals surface area contributed by atoms with Crippen molar-refractivity contribution < 1.29 is 9.59 Å². The third kappa shape index (κ3) is 4.12. The number of nitrogens with zero attached hydrogens (tertiary/aromatic N) is 3. The molecule has 0 radical (unpaired) electrons. The van der Waals surface area contributed by atoms with E-state index in [1.165, 1.54) is 16.3 Å². The Hall–Kier alpha value is -3.04. The molecule has 2 heterocycles. The Kier molecular flexibility index (Phi) is 5.65. The van der Waals surface area contributed by atoms with Crippen LogP contribution in [0.25, 0.3) is 11.3 Å². The van der Waals surface area contributed by atoms with Crippen LogP contribution in [0.1, 0.15) is 11.3 Å². The van der Waals surface area contributed by atoms with Crippen LogP contribution < -0.4 is 16.1 Å². The van der Waals surface area contributed by atoms with E-state index < -0.39 is 17.9 Å². The molecule has 3 aromatic rings. The van der Waals surface area contributed by atoms with Crippen molar-refractivity contribution in [2.75, 3.05) is 10.3 Å². The summed E-state index contributed by atoms with van der Waals surface area (Å²) in [5, 5.41) is 9.15. The number of hydrazone groups is 1. The largest absolute Gasteiger partial charge is 0.368 e. The molecule has 7 nitrogen and oxygen atoms in total. The SMILES string of the molecule is Cc1sc(NC(=O)C2=NN(c3ccccc3)C(C(N)=O)C2)nc1-c1ccc(Br)cc1. The van der Waals surface area contributed by atoms with Crippen LogP contribution in [-0.4, -0.2) is 28.6 Å². The Morgan fingerprint density at radius 2 is 1.87 bits per heavy atom. The first-order valence-corrected chi connectivity index (χ1v) is 10.8. The van der Waals surface area contributed by atoms with Gasteiger partial charge in [0.1, 0.15) is 11.8 Å². The molecule has 0 saturated carbocycles. The van der Waals surface area contributed by atoms with Gasteiger partial charge in [-0.25, -0.2) is 4.98 Å². The van der Waals surface area contributed by atoms with Crippen LogP contribution in [-0.2, 0) is 9.59 Å². The number of thiazole rings is 1. The summed E-state index contributed by atoms with van der Waals surface area (Å²) in [6, 6.07) is 16.3. The smallest absolute Gasteiger partial charge is 0.273 e. The second kappa shape index (κ2) is 8.37. The van der Waals surface area contributed by atoms with Crippen molar-refractivity contribution in [2.24, 2.45) is 10.8 Å². The first-order chi connectivity index (χ1) is 14.4. The highest BCUT2D eigenvalue weighted by atomic mass is 79.9. The Labute approximate surface area is 185 Å². The summed E-state index contributed by atoms with van der Waals surface area (Å²) >= 11 is 4.81. The third-order valence-corrected chi connectivity index (χ3v) is 6.07. The minimum atomic E-state index is -0.704. The van der Waals surface area contributed by atoms with E-state index in [4.69, 9.17) is 5.73 Å². The summed E-state index contributed by atoms with van der Waals surface area (Å²) in [6.07, 6.45) is 0.139. The fraction of sp³-hybridized carbons (Fsp3) is 0.143. The lowest BCUT2D eigenvalue weighted by atomic mass is 10.1. The molecular weight excluding hydrogens is 466 g/mol. The van der Waals surface area contributed by atoms with Crippen LogP contribution >= 0.6 is 27.3 Å². The molecule has 1 unspecified atom stereocenters. The predicted molar refractivity (Wildman–Crippen MR) is 123 cm³/mol. The average Bonchev–Trinajstić information content (AvgIpc) is 3.33. The number of primary amides is 1. The molecule has 0 bridgehead atoms. The summed E-state index contributed by atoms with van der Waals surface area (Å²) < 4.78 is 0.985. The van der Waals surface area contributed by atoms with Crippen LogP contribution in [0, 0.1) is 6.92 Å². The summed E-state index contributed by atoms with van der Waals surface area (Å²) in [6.45, 7) is 1.96. The van der Waals surface area contributed by atoms with Crippen molar-refractivity contribution in [1.82, 2.24) is 4.98 Å². The zero-order valence-electron chi connectivity index (χ0n) is 16.0. The molecular formula is C21H18BrN5O2S. The van der Waals surface area contributed by atoms with E-state index in [9.17, 15) is 9.59 Å². The number of nitrogens with two attached hydrogens (primary N) is 1. The van der Waals surface area contributed by atoms with Crippen molar-refractivity contribution in [1.29, 1.82) is 0 Å². The monoisotopic (exact) mass is 483 g/mol. The summed E-state index contributed by atoms with van der Waals surface area (Å²) in [4.78, 5) is 30.3. The highest BCUT2D eigenvalue weighted by Gasteiger charge is 2.35. The summed E-state index contributed by atoms with van der Waals surface area (Å²) in [5.41, 5.74) is 8.26. The maximum absolute atomic E-state index is 12.8. The molecule has 3 N–H and O–H groups in total. The number of anilines is 2. The fourth-order valence-electron chi connectivity index (χ4n) is 3.18. The highest BCUT2D eigenvalue weighted by molar-refractivity contribution is 9.10. The molecule has 1 aromatic heterocycles. The van der Waals surface area contributed by atoms with Gasteiger partial charge in [0.15, 0.2) is 5.13 Å². The number of hydrogen-bond acceptors (Lipinski definition) is 6. The van der Waals surface area contributed by atoms with Gasteiger partial charge in [-0.1, -0.05) is 46.3 Å². The lowest BCUT2D eigenvalue weighted by Gasteiger charge is -2.20. The van der Waals surface area contributed by atoms with Crippen LogP contribution in [0.5, 0.6) is 0 Å². The molecule has 30 heavy (non-hydrogen) atoms. The van der Waals surface area contributed by atoms with Gasteiger partial charge in [-0.05, 0) is 31.2 Å². The molecule has 0 spiro atoms. The number of aryl methyl sites for hydroxylation is 1. The van der Waals surface area contributed by atoms with Gasteiger partial charge in [-0.3, -0.25) is 19.9 Å². The van der Waals surface area contributed by atoms with Gasteiger partial charge >= 0.3 is 0 Å². The number of benzene rings is 2. The number of amides is 2. The van der Waals surface area contributed by atoms with Gasteiger partial charge in [0, 0.05) is 21.3 Å². The van der Waals surface area contributed by atoms with Gasteiger partial charge in [-0.2, -0.15) is 5.10 Å². The second-order valence-corrected chi connectivity index (χ2v) is 8.85. The number of para-hydroxylation sites is 1. The van der Waals surface area contributed by atoms with E-state index in [-0.39, 0.29) is 12.1 Å². The van der Waals surface area contributed by atoms with Crippen LogP contribution in [0.3, 0.4) is 0 Å². The molecule has 0 aliphatic carbocycles. The Morgan fingerprint density at radius 1 is 1.17 bits per heavy atom. The van der Waals surface area contributed by atoms with E-state index in [1.807, 2.05) is 61.5 Å². The van der Waals surface area contributed by atoms with E-state index in [0.29, 0.717) is 10.8 Å². The topological polar surface area (TPSA) is 101 Å². The number of halogens is 1. The van der Waals surface area contributed by atoms with Gasteiger partial charge in [0.2, 0.25) is 5.91 Å². The van der Waals surface area contributed by atoms with Crippen molar-refractivity contribution in [3.63, 3.8) is 0 Å². The number of carbonyl (C=O) groups is 2. The summed E-state index contributed by atoms with van der Waals surface area (Å²) in [7, 11) is 0. The maximum atomic E-state index is 12.8. The zero-order chi connectivity index (χ0) is 21.3. The standard InChI is InChI=1S/C21H18BrN5O2S/c1-12-18(13-7-9-14(22)10-8-13)24-21(30-12)25-20(29)16-11-17(19(23)28)27(26-16)15-5-3-2-4-6-15/h2-10,17H,11H2,1H3,(H2,23,28)(H,24,25,29). The molecule has 4 rings (SSSR count). The highest BCUT2D eigenvalue weighted by Crippen LogP contribution is 2.31. The van der Waals surface area contributed by atoms with Crippen molar-refractivity contribution >= 4 is 55.6 Å². The quantitative estimate of drug-likeness (QED) is 0.573. The van der Waals surface area contributed by atoms with Gasteiger partial charge < -0.3 is 5.73 Å². The van der Waals surface area contributed by atoms with Crippen molar-refractivity contribution in [3.05, 3.63) is 63.9 Å². The van der Waals surface area contributed by atoms with Gasteiger partial charge in [0.05, 0.1) is 11.4 Å². The Bertz CT molecular complexity index is 1130. The first-order valence-electron chi connectivity index (χ1n) is 9.18. The second-order valence-electron chi connectivity index (χ2n) is 6.73. The first kappa shape index (κ1) is 20.2. The molecule has 152 valence electrons. The van der Waals surface area contributed by atoms with E-state index in [0.717, 1.165) is 20.6 Å². The van der Waals surface area contributed by atoms with Crippen LogP contribution in [0.4, 0.5) is 10.8 Å². The molecule has 0 fully saturated rings. The zero-order valence-corrected chi connectivity index (χ0v) is 18.4. The van der Waals surface area contributed by atoms with Crippen LogP contribution in [0.2, 0.25) is 0 Å². The van der Waals surface area contributed by atoms with E-state index >= 15 is 0 Å². The molecule has 0 saturated heterocycles. The molecule has 2 amide bonds. The predicted octanol–water partition coefficient (Wildman–Crippen LogP) is 3.94. The van der Waals surface area contributed by atoms with Crippen LogP contribution in [0.15, 0.2) is 64.2 Å². The van der Waals surface area contributed by atoms with E-state index in [1.54, 1.807) is 0 Å². The normalized spacial score (nSPS) is 15.7. The third-order valence-electron chi connectivity index (χ3n) is 4.66. The Morgan fingerprint density at radius 3 is 2.53 bits per heavy atom. The average molecular weight is 484 g/mol. The fourth-order valence-corrected chi connectivity index (χ4v) is 4.28. The number of carbonyl (C=O) groups excluding carboxylic acids is 2. The molecule has 2 aromatic carbocycles. The van der Waals surface area contributed by atoms with E-state index in [2.05, 4.69) is 31.3 Å².